The molecule has 2 atom stereocenters. The van der Waals surface area contributed by atoms with Crippen LogP contribution in [0, 0.1) is 5.92 Å². The second kappa shape index (κ2) is 6.34. The number of nitrogens with one attached hydrogen (secondary N) is 1. The molecule has 0 aliphatic carbocycles. The molecular formula is C14H18BrNO2. The zero-order valence-corrected chi connectivity index (χ0v) is 12.1. The van der Waals surface area contributed by atoms with Crippen molar-refractivity contribution >= 4 is 21.8 Å². The monoisotopic (exact) mass is 311 g/mol. The summed E-state index contributed by atoms with van der Waals surface area (Å²) in [5.41, 5.74) is 1.22. The number of hydrogen-bond acceptors (Lipinski definition) is 2. The van der Waals surface area contributed by atoms with E-state index in [-0.39, 0.29) is 17.9 Å². The lowest BCUT2D eigenvalue weighted by atomic mass is 10.0. The Kier molecular flexibility index (Phi) is 4.78. The largest absolute Gasteiger partial charge is 0.381 e. The van der Waals surface area contributed by atoms with Gasteiger partial charge in [-0.05, 0) is 31.4 Å². The van der Waals surface area contributed by atoms with E-state index >= 15 is 0 Å². The number of ether oxygens (including phenoxy) is 1. The minimum Gasteiger partial charge on any atom is -0.381 e. The lowest BCUT2D eigenvalue weighted by Gasteiger charge is -2.17. The Morgan fingerprint density at radius 1 is 1.56 bits per heavy atom. The third-order valence-corrected chi connectivity index (χ3v) is 3.95. The molecule has 98 valence electrons. The number of rotatable bonds is 4. The van der Waals surface area contributed by atoms with Crippen LogP contribution in [0.2, 0.25) is 0 Å². The number of carbonyl (C=O) groups is 1. The number of carbonyl (C=O) groups excluding carboxylic acids is 1. The molecule has 1 amide bonds. The maximum Gasteiger partial charge on any atom is 0.225 e. The minimum atomic E-state index is 0.0339. The summed E-state index contributed by atoms with van der Waals surface area (Å²) in [7, 11) is 0. The van der Waals surface area contributed by atoms with Crippen molar-refractivity contribution in [3.05, 3.63) is 34.3 Å². The summed E-state index contributed by atoms with van der Waals surface area (Å²) >= 11 is 3.52. The summed E-state index contributed by atoms with van der Waals surface area (Å²) in [4.78, 5) is 11.9. The maximum absolute atomic E-state index is 11.9. The Hall–Kier alpha value is -0.870. The Balaban J connectivity index is 1.86. The van der Waals surface area contributed by atoms with Crippen molar-refractivity contribution in [1.29, 1.82) is 0 Å². The van der Waals surface area contributed by atoms with Crippen molar-refractivity contribution in [2.75, 3.05) is 13.2 Å². The van der Waals surface area contributed by atoms with Crippen molar-refractivity contribution in [2.24, 2.45) is 5.92 Å². The smallest absolute Gasteiger partial charge is 0.225 e. The number of amides is 1. The Bertz CT molecular complexity index is 416. The van der Waals surface area contributed by atoms with Crippen LogP contribution >= 0.6 is 15.9 Å². The summed E-state index contributed by atoms with van der Waals surface area (Å²) in [5.74, 6) is 0.152. The highest BCUT2D eigenvalue weighted by Crippen LogP contribution is 2.18. The predicted molar refractivity (Wildman–Crippen MR) is 74.4 cm³/mol. The van der Waals surface area contributed by atoms with Gasteiger partial charge in [-0.2, -0.15) is 0 Å². The van der Waals surface area contributed by atoms with Crippen LogP contribution in [0.25, 0.3) is 0 Å². The van der Waals surface area contributed by atoms with Crippen LogP contribution in [0.3, 0.4) is 0 Å². The van der Waals surface area contributed by atoms with Gasteiger partial charge in [0, 0.05) is 17.1 Å². The Morgan fingerprint density at radius 2 is 2.33 bits per heavy atom. The van der Waals surface area contributed by atoms with E-state index in [0.717, 1.165) is 17.3 Å². The van der Waals surface area contributed by atoms with Gasteiger partial charge < -0.3 is 10.1 Å². The predicted octanol–water partition coefficient (Wildman–Crippen LogP) is 2.53. The zero-order chi connectivity index (χ0) is 13.0. The van der Waals surface area contributed by atoms with Crippen LogP contribution in [-0.4, -0.2) is 25.2 Å². The molecular weight excluding hydrogens is 294 g/mol. The van der Waals surface area contributed by atoms with E-state index < -0.39 is 0 Å². The SMILES string of the molecule is C[C@H](Cc1ccccc1Br)NC(=O)[C@H]1CCOC1. The molecule has 0 unspecified atom stereocenters. The Morgan fingerprint density at radius 3 is 3.00 bits per heavy atom. The molecule has 0 spiro atoms. The molecule has 1 aromatic carbocycles. The van der Waals surface area contributed by atoms with E-state index in [2.05, 4.69) is 27.3 Å². The first kappa shape index (κ1) is 13.6. The van der Waals surface area contributed by atoms with Crippen molar-refractivity contribution in [3.63, 3.8) is 0 Å². The summed E-state index contributed by atoms with van der Waals surface area (Å²) in [6.07, 6.45) is 1.67. The molecule has 4 heteroatoms. The van der Waals surface area contributed by atoms with E-state index in [1.54, 1.807) is 0 Å². The van der Waals surface area contributed by atoms with Crippen LogP contribution in [0.4, 0.5) is 0 Å². The molecule has 0 saturated carbocycles. The molecule has 0 aromatic heterocycles. The van der Waals surface area contributed by atoms with Crippen LogP contribution in [0.5, 0.6) is 0 Å². The molecule has 1 saturated heterocycles. The average Bonchev–Trinajstić information content (AvgIpc) is 2.85. The molecule has 1 fully saturated rings. The second-order valence-electron chi connectivity index (χ2n) is 4.77. The summed E-state index contributed by atoms with van der Waals surface area (Å²) in [6, 6.07) is 8.24. The quantitative estimate of drug-likeness (QED) is 0.928. The van der Waals surface area contributed by atoms with Crippen molar-refractivity contribution in [1.82, 2.24) is 5.32 Å². The van der Waals surface area contributed by atoms with Crippen LogP contribution in [0.15, 0.2) is 28.7 Å². The summed E-state index contributed by atoms with van der Waals surface area (Å²) < 4.78 is 6.32. The number of halogens is 1. The van der Waals surface area contributed by atoms with Gasteiger partial charge in [0.15, 0.2) is 0 Å². The second-order valence-corrected chi connectivity index (χ2v) is 5.62. The Labute approximate surface area is 116 Å². The van der Waals surface area contributed by atoms with E-state index in [0.29, 0.717) is 13.2 Å². The lowest BCUT2D eigenvalue weighted by molar-refractivity contribution is -0.125. The molecule has 0 bridgehead atoms. The van der Waals surface area contributed by atoms with E-state index in [4.69, 9.17) is 4.74 Å². The molecule has 1 N–H and O–H groups in total. The number of hydrogen-bond donors (Lipinski definition) is 1. The van der Waals surface area contributed by atoms with Gasteiger partial charge in [-0.1, -0.05) is 34.1 Å². The van der Waals surface area contributed by atoms with Gasteiger partial charge in [0.2, 0.25) is 5.91 Å². The topological polar surface area (TPSA) is 38.3 Å². The van der Waals surface area contributed by atoms with Crippen molar-refractivity contribution in [3.8, 4) is 0 Å². The zero-order valence-electron chi connectivity index (χ0n) is 10.5. The highest BCUT2D eigenvalue weighted by Gasteiger charge is 2.24. The summed E-state index contributed by atoms with van der Waals surface area (Å²) in [5, 5.41) is 3.06. The van der Waals surface area contributed by atoms with Gasteiger partial charge in [0.25, 0.3) is 0 Å². The highest BCUT2D eigenvalue weighted by molar-refractivity contribution is 9.10. The van der Waals surface area contributed by atoms with E-state index in [9.17, 15) is 4.79 Å². The first-order valence-corrected chi connectivity index (χ1v) is 7.07. The standard InChI is InChI=1S/C14H18BrNO2/c1-10(8-11-4-2-3-5-13(11)15)16-14(17)12-6-7-18-9-12/h2-5,10,12H,6-9H2,1H3,(H,16,17)/t10-,12+/m1/s1. The third-order valence-electron chi connectivity index (χ3n) is 3.17. The van der Waals surface area contributed by atoms with Crippen molar-refractivity contribution in [2.45, 2.75) is 25.8 Å². The fourth-order valence-electron chi connectivity index (χ4n) is 2.15. The van der Waals surface area contributed by atoms with Gasteiger partial charge in [-0.3, -0.25) is 4.79 Å². The van der Waals surface area contributed by atoms with Crippen LogP contribution in [0.1, 0.15) is 18.9 Å². The molecule has 3 nitrogen and oxygen atoms in total. The molecule has 2 rings (SSSR count). The molecule has 1 aliphatic rings. The number of benzene rings is 1. The van der Waals surface area contributed by atoms with Gasteiger partial charge in [-0.15, -0.1) is 0 Å². The maximum atomic E-state index is 11.9. The third kappa shape index (κ3) is 3.56. The summed E-state index contributed by atoms with van der Waals surface area (Å²) in [6.45, 7) is 3.30. The molecule has 1 heterocycles. The lowest BCUT2D eigenvalue weighted by Crippen LogP contribution is -2.38. The highest BCUT2D eigenvalue weighted by atomic mass is 79.9. The normalized spacial score (nSPS) is 20.7. The molecule has 1 aromatic rings. The molecule has 0 radical (unpaired) electrons. The van der Waals surface area contributed by atoms with Gasteiger partial charge in [-0.25, -0.2) is 0 Å². The fourth-order valence-corrected chi connectivity index (χ4v) is 2.59. The first-order chi connectivity index (χ1) is 8.66. The van der Waals surface area contributed by atoms with E-state index in [1.807, 2.05) is 25.1 Å². The minimum absolute atomic E-state index is 0.0339. The fraction of sp³-hybridized carbons (Fsp3) is 0.500. The molecule has 18 heavy (non-hydrogen) atoms. The van der Waals surface area contributed by atoms with Gasteiger partial charge in [0.05, 0.1) is 12.5 Å². The molecule has 1 aliphatic heterocycles. The van der Waals surface area contributed by atoms with Crippen LogP contribution < -0.4 is 5.32 Å². The first-order valence-electron chi connectivity index (χ1n) is 6.28. The van der Waals surface area contributed by atoms with Crippen molar-refractivity contribution < 1.29 is 9.53 Å². The van der Waals surface area contributed by atoms with Gasteiger partial charge >= 0.3 is 0 Å². The van der Waals surface area contributed by atoms with Gasteiger partial charge in [0.1, 0.15) is 0 Å². The van der Waals surface area contributed by atoms with E-state index in [1.165, 1.54) is 5.56 Å². The average molecular weight is 312 g/mol. The van der Waals surface area contributed by atoms with Crippen LogP contribution in [-0.2, 0) is 16.0 Å².